The number of esters is 1. The van der Waals surface area contributed by atoms with Crippen molar-refractivity contribution in [3.05, 3.63) is 42.2 Å². The fourth-order valence-corrected chi connectivity index (χ4v) is 1.73. The second-order valence-electron chi connectivity index (χ2n) is 4.25. The molecule has 2 rings (SSSR count). The van der Waals surface area contributed by atoms with E-state index in [2.05, 4.69) is 22.2 Å². The van der Waals surface area contributed by atoms with E-state index in [0.29, 0.717) is 11.5 Å². The van der Waals surface area contributed by atoms with Gasteiger partial charge in [0.15, 0.2) is 0 Å². The maximum Gasteiger partial charge on any atom is 0.376 e. The Labute approximate surface area is 118 Å². The number of hydrogen-bond donors (Lipinski definition) is 1. The van der Waals surface area contributed by atoms with Gasteiger partial charge in [-0.1, -0.05) is 37.3 Å². The number of aromatic nitrogens is 2. The van der Waals surface area contributed by atoms with E-state index in [-0.39, 0.29) is 5.82 Å². The molecule has 1 N–H and O–H groups in total. The summed E-state index contributed by atoms with van der Waals surface area (Å²) < 4.78 is 4.69. The van der Waals surface area contributed by atoms with E-state index in [1.54, 1.807) is 0 Å². The van der Waals surface area contributed by atoms with Crippen LogP contribution < -0.4 is 5.32 Å². The molecule has 1 aromatic heterocycles. The van der Waals surface area contributed by atoms with Gasteiger partial charge in [0.1, 0.15) is 5.82 Å². The number of anilines is 1. The Hall–Kier alpha value is -2.43. The third-order valence-corrected chi connectivity index (χ3v) is 2.72. The fraction of sp³-hybridized carbons (Fsp3) is 0.267. The predicted octanol–water partition coefficient (Wildman–Crippen LogP) is 2.75. The van der Waals surface area contributed by atoms with Crippen molar-refractivity contribution in [2.75, 3.05) is 19.0 Å². The normalized spacial score (nSPS) is 10.1. The first-order valence-corrected chi connectivity index (χ1v) is 6.51. The molecule has 0 fully saturated rings. The number of nitrogens with zero attached hydrogens (tertiary/aromatic N) is 2. The van der Waals surface area contributed by atoms with E-state index in [0.717, 1.165) is 18.5 Å². The van der Waals surface area contributed by atoms with Gasteiger partial charge >= 0.3 is 5.97 Å². The van der Waals surface area contributed by atoms with Gasteiger partial charge in [-0.05, 0) is 6.42 Å². The Morgan fingerprint density at radius 2 is 2.00 bits per heavy atom. The van der Waals surface area contributed by atoms with Crippen molar-refractivity contribution in [1.82, 2.24) is 9.97 Å². The van der Waals surface area contributed by atoms with Crippen molar-refractivity contribution in [2.45, 2.75) is 13.3 Å². The minimum absolute atomic E-state index is 0.0625. The molecule has 20 heavy (non-hydrogen) atoms. The van der Waals surface area contributed by atoms with Gasteiger partial charge in [-0.2, -0.15) is 0 Å². The van der Waals surface area contributed by atoms with Gasteiger partial charge < -0.3 is 10.1 Å². The molecule has 0 bridgehead atoms. The molecule has 0 unspecified atom stereocenters. The van der Waals surface area contributed by atoms with Crippen molar-refractivity contribution < 1.29 is 9.53 Å². The van der Waals surface area contributed by atoms with Crippen LogP contribution in [0.5, 0.6) is 0 Å². The van der Waals surface area contributed by atoms with Crippen molar-refractivity contribution in [3.8, 4) is 11.3 Å². The van der Waals surface area contributed by atoms with E-state index < -0.39 is 5.97 Å². The summed E-state index contributed by atoms with van der Waals surface area (Å²) in [5, 5.41) is 3.16. The summed E-state index contributed by atoms with van der Waals surface area (Å²) in [6.07, 6.45) is 0.970. The van der Waals surface area contributed by atoms with E-state index in [1.807, 2.05) is 36.4 Å². The Morgan fingerprint density at radius 1 is 1.25 bits per heavy atom. The molecule has 0 aliphatic rings. The lowest BCUT2D eigenvalue weighted by molar-refractivity contribution is 0.0587. The van der Waals surface area contributed by atoms with E-state index in [1.165, 1.54) is 7.11 Å². The van der Waals surface area contributed by atoms with Gasteiger partial charge in [-0.25, -0.2) is 14.8 Å². The average molecular weight is 271 g/mol. The molecule has 1 aromatic carbocycles. The van der Waals surface area contributed by atoms with Crippen molar-refractivity contribution >= 4 is 11.8 Å². The molecule has 0 atom stereocenters. The number of carbonyl (C=O) groups is 1. The van der Waals surface area contributed by atoms with Gasteiger partial charge in [-0.15, -0.1) is 0 Å². The van der Waals surface area contributed by atoms with E-state index in [9.17, 15) is 4.79 Å². The number of benzene rings is 1. The number of rotatable bonds is 5. The number of nitrogens with one attached hydrogen (secondary N) is 1. The van der Waals surface area contributed by atoms with Gasteiger partial charge in [-0.3, -0.25) is 0 Å². The first-order chi connectivity index (χ1) is 9.74. The summed E-state index contributed by atoms with van der Waals surface area (Å²) >= 11 is 0. The minimum Gasteiger partial charge on any atom is -0.463 e. The highest BCUT2D eigenvalue weighted by atomic mass is 16.5. The molecule has 0 saturated heterocycles. The third-order valence-electron chi connectivity index (χ3n) is 2.72. The maximum atomic E-state index is 11.6. The second-order valence-corrected chi connectivity index (χ2v) is 4.25. The summed E-state index contributed by atoms with van der Waals surface area (Å²) in [7, 11) is 1.32. The first kappa shape index (κ1) is 14.0. The maximum absolute atomic E-state index is 11.6. The average Bonchev–Trinajstić information content (AvgIpc) is 2.52. The van der Waals surface area contributed by atoms with Crippen LogP contribution in [0, 0.1) is 0 Å². The van der Waals surface area contributed by atoms with Crippen LogP contribution >= 0.6 is 0 Å². The van der Waals surface area contributed by atoms with Gasteiger partial charge in [0.05, 0.1) is 12.8 Å². The van der Waals surface area contributed by atoms with E-state index >= 15 is 0 Å². The van der Waals surface area contributed by atoms with Gasteiger partial charge in [0, 0.05) is 18.2 Å². The molecular weight excluding hydrogens is 254 g/mol. The van der Waals surface area contributed by atoms with Crippen LogP contribution in [-0.2, 0) is 4.74 Å². The molecule has 2 aromatic rings. The van der Waals surface area contributed by atoms with Crippen molar-refractivity contribution in [2.24, 2.45) is 0 Å². The molecule has 5 heteroatoms. The lowest BCUT2D eigenvalue weighted by atomic mass is 10.1. The topological polar surface area (TPSA) is 64.1 Å². The van der Waals surface area contributed by atoms with Gasteiger partial charge in [0.25, 0.3) is 0 Å². The fourth-order valence-electron chi connectivity index (χ4n) is 1.73. The zero-order valence-corrected chi connectivity index (χ0v) is 11.6. The summed E-state index contributed by atoms with van der Waals surface area (Å²) in [5.74, 6) is 0.149. The lowest BCUT2D eigenvalue weighted by Crippen LogP contribution is -2.11. The smallest absolute Gasteiger partial charge is 0.376 e. The summed E-state index contributed by atoms with van der Waals surface area (Å²) in [5.41, 5.74) is 1.62. The molecular formula is C15H17N3O2. The highest BCUT2D eigenvalue weighted by Crippen LogP contribution is 2.19. The van der Waals surface area contributed by atoms with Crippen molar-refractivity contribution in [1.29, 1.82) is 0 Å². The third kappa shape index (κ3) is 3.32. The highest BCUT2D eigenvalue weighted by Gasteiger charge is 2.13. The monoisotopic (exact) mass is 271 g/mol. The predicted molar refractivity (Wildman–Crippen MR) is 77.6 cm³/mol. The largest absolute Gasteiger partial charge is 0.463 e. The Morgan fingerprint density at radius 3 is 2.65 bits per heavy atom. The van der Waals surface area contributed by atoms with Crippen LogP contribution in [0.4, 0.5) is 5.82 Å². The quantitative estimate of drug-likeness (QED) is 0.847. The van der Waals surface area contributed by atoms with Crippen molar-refractivity contribution in [3.63, 3.8) is 0 Å². The van der Waals surface area contributed by atoms with E-state index in [4.69, 9.17) is 4.74 Å². The zero-order chi connectivity index (χ0) is 14.4. The van der Waals surface area contributed by atoms with Crippen LogP contribution in [0.1, 0.15) is 24.0 Å². The van der Waals surface area contributed by atoms with Crippen LogP contribution in [-0.4, -0.2) is 29.6 Å². The van der Waals surface area contributed by atoms with Crippen LogP contribution in [0.2, 0.25) is 0 Å². The SMILES string of the molecule is CCCNc1cc(-c2ccccc2)nc(C(=O)OC)n1. The molecule has 104 valence electrons. The Bertz CT molecular complexity index is 585. The second kappa shape index (κ2) is 6.65. The molecule has 0 aliphatic carbocycles. The summed E-state index contributed by atoms with van der Waals surface area (Å²) in [4.78, 5) is 20.1. The number of carbonyl (C=O) groups excluding carboxylic acids is 1. The summed E-state index contributed by atoms with van der Waals surface area (Å²) in [6, 6.07) is 11.5. The molecule has 0 amide bonds. The summed E-state index contributed by atoms with van der Waals surface area (Å²) in [6.45, 7) is 2.85. The number of ether oxygens (including phenoxy) is 1. The Kier molecular flexibility index (Phi) is 4.65. The molecule has 0 spiro atoms. The molecule has 1 heterocycles. The zero-order valence-electron chi connectivity index (χ0n) is 11.6. The molecule has 0 radical (unpaired) electrons. The van der Waals surface area contributed by atoms with Crippen LogP contribution in [0.3, 0.4) is 0 Å². The Balaban J connectivity index is 2.42. The lowest BCUT2D eigenvalue weighted by Gasteiger charge is -2.08. The first-order valence-electron chi connectivity index (χ1n) is 6.51. The molecule has 5 nitrogen and oxygen atoms in total. The highest BCUT2D eigenvalue weighted by molar-refractivity contribution is 5.86. The van der Waals surface area contributed by atoms with Gasteiger partial charge in [0.2, 0.25) is 5.82 Å². The number of methoxy groups -OCH3 is 1. The molecule has 0 aliphatic heterocycles. The van der Waals surface area contributed by atoms with Crippen LogP contribution in [0.15, 0.2) is 36.4 Å². The molecule has 0 saturated carbocycles. The standard InChI is InChI=1S/C15H17N3O2/c1-3-9-16-13-10-12(11-7-5-4-6-8-11)17-14(18-13)15(19)20-2/h4-8,10H,3,9H2,1-2H3,(H,16,17,18). The minimum atomic E-state index is -0.540. The van der Waals surface area contributed by atoms with Crippen LogP contribution in [0.25, 0.3) is 11.3 Å². The number of hydrogen-bond acceptors (Lipinski definition) is 5.